The molecule has 2 aromatic heterocycles. The second-order valence-corrected chi connectivity index (χ2v) is 7.27. The van der Waals surface area contributed by atoms with Gasteiger partial charge in [-0.05, 0) is 40.3 Å². The number of aromatic nitrogens is 4. The van der Waals surface area contributed by atoms with Crippen LogP contribution in [0.15, 0.2) is 30.6 Å². The van der Waals surface area contributed by atoms with Crippen molar-refractivity contribution in [3.05, 3.63) is 39.7 Å². The number of benzene rings is 1. The lowest BCUT2D eigenvalue weighted by molar-refractivity contribution is -0.141. The molecule has 0 saturated carbocycles. The van der Waals surface area contributed by atoms with Crippen molar-refractivity contribution in [1.29, 1.82) is 0 Å². The number of imidazole rings is 1. The molecule has 27 heavy (non-hydrogen) atoms. The van der Waals surface area contributed by atoms with Crippen molar-refractivity contribution in [2.24, 2.45) is 0 Å². The normalized spacial score (nSPS) is 25.2. The van der Waals surface area contributed by atoms with Crippen LogP contribution in [0.2, 0.25) is 0 Å². The number of nitrogens with zero attached hydrogens (tertiary/aromatic N) is 4. The number of aliphatic hydroxyl groups excluding tert-OH is 3. The topological polar surface area (TPSA) is 149 Å². The molecule has 1 fully saturated rings. The van der Waals surface area contributed by atoms with Crippen LogP contribution >= 0.6 is 22.6 Å². The van der Waals surface area contributed by atoms with Crippen molar-refractivity contribution < 1.29 is 24.8 Å². The summed E-state index contributed by atoms with van der Waals surface area (Å²) < 4.78 is 13.4. The van der Waals surface area contributed by atoms with E-state index in [4.69, 9.17) is 15.2 Å². The van der Waals surface area contributed by atoms with Crippen molar-refractivity contribution in [1.82, 2.24) is 19.5 Å². The number of fused-ring (bicyclic) bond motifs is 1. The van der Waals surface area contributed by atoms with E-state index in [0.29, 0.717) is 5.52 Å². The molecule has 0 spiro atoms. The van der Waals surface area contributed by atoms with Crippen molar-refractivity contribution >= 4 is 39.7 Å². The number of hydrogen-bond donors (Lipinski definition) is 4. The minimum Gasteiger partial charge on any atom is -0.471 e. The highest BCUT2D eigenvalue weighted by Gasteiger charge is 2.43. The maximum Gasteiger partial charge on any atom is 0.247 e. The first-order valence-electron chi connectivity index (χ1n) is 8.01. The maximum absolute atomic E-state index is 10.1. The van der Waals surface area contributed by atoms with Crippen LogP contribution in [0.25, 0.3) is 11.2 Å². The third-order valence-electron chi connectivity index (χ3n) is 4.18. The van der Waals surface area contributed by atoms with Crippen LogP contribution in [-0.4, -0.2) is 53.3 Å². The van der Waals surface area contributed by atoms with Crippen LogP contribution in [0.3, 0.4) is 0 Å². The van der Waals surface area contributed by atoms with Gasteiger partial charge in [0.2, 0.25) is 11.8 Å². The Morgan fingerprint density at radius 3 is 2.56 bits per heavy atom. The Labute approximate surface area is 166 Å². The molecule has 0 aliphatic carbocycles. The lowest BCUT2D eigenvalue weighted by Gasteiger charge is -2.16. The Hall–Kier alpha value is -2.06. The molecule has 1 saturated heterocycles. The lowest BCUT2D eigenvalue weighted by Crippen LogP contribution is -2.31. The molecule has 0 radical (unpaired) electrons. The van der Waals surface area contributed by atoms with E-state index in [1.54, 1.807) is 0 Å². The summed E-state index contributed by atoms with van der Waals surface area (Å²) in [5.74, 6) is 0.138. The van der Waals surface area contributed by atoms with E-state index >= 15 is 0 Å². The first-order valence-corrected chi connectivity index (χ1v) is 9.09. The fourth-order valence-electron chi connectivity index (χ4n) is 2.80. The van der Waals surface area contributed by atoms with Gasteiger partial charge in [0.05, 0.1) is 6.33 Å². The van der Waals surface area contributed by atoms with Crippen LogP contribution < -0.4 is 10.5 Å². The smallest absolute Gasteiger partial charge is 0.247 e. The van der Waals surface area contributed by atoms with Gasteiger partial charge in [0.15, 0.2) is 23.7 Å². The predicted octanol–water partition coefficient (Wildman–Crippen LogP) is 0.161. The van der Waals surface area contributed by atoms with Crippen LogP contribution in [-0.2, 0) is 11.3 Å². The Balaban J connectivity index is 1.65. The molecular formula is C16H16IN5O5. The van der Waals surface area contributed by atoms with Crippen LogP contribution in [0, 0.1) is 3.57 Å². The lowest BCUT2D eigenvalue weighted by atomic mass is 10.2. The molecule has 1 aliphatic heterocycles. The van der Waals surface area contributed by atoms with Gasteiger partial charge in [-0.15, -0.1) is 0 Å². The fraction of sp³-hybridized carbons (Fsp3) is 0.312. The minimum atomic E-state index is -1.52. The van der Waals surface area contributed by atoms with Crippen LogP contribution in [0.4, 0.5) is 5.95 Å². The number of ether oxygens (including phenoxy) is 2. The van der Waals surface area contributed by atoms with Crippen molar-refractivity contribution in [3.63, 3.8) is 0 Å². The number of nitrogen functional groups attached to an aromatic ring is 1. The predicted molar refractivity (Wildman–Crippen MR) is 101 cm³/mol. The molecule has 4 atom stereocenters. The third-order valence-corrected chi connectivity index (χ3v) is 4.90. The van der Waals surface area contributed by atoms with E-state index < -0.39 is 24.7 Å². The molecule has 5 N–H and O–H groups in total. The second kappa shape index (κ2) is 7.16. The van der Waals surface area contributed by atoms with Crippen molar-refractivity contribution in [2.75, 3.05) is 5.73 Å². The second-order valence-electron chi connectivity index (χ2n) is 6.02. The summed E-state index contributed by atoms with van der Waals surface area (Å²) >= 11 is 2.22. The number of nitrogens with two attached hydrogens (primary N) is 1. The fourth-order valence-corrected chi connectivity index (χ4v) is 3.16. The van der Waals surface area contributed by atoms with Gasteiger partial charge in [-0.2, -0.15) is 9.97 Å². The van der Waals surface area contributed by atoms with Gasteiger partial charge in [-0.3, -0.25) is 4.57 Å². The molecule has 3 heterocycles. The standard InChI is InChI=1S/C16H16IN5O5/c17-8-3-1-7(2-4-8)5-26-13-9-12(20-16(18)21-13)22(6-19-9)14-10(23)11(24)15(25)27-14/h1-4,6,10-11,14-15,23-25H,5H2,(H2,18,20,21). The first-order chi connectivity index (χ1) is 12.9. The molecular weight excluding hydrogens is 469 g/mol. The van der Waals surface area contributed by atoms with Crippen LogP contribution in [0.5, 0.6) is 5.88 Å². The van der Waals surface area contributed by atoms with E-state index in [0.717, 1.165) is 9.13 Å². The average Bonchev–Trinajstić information content (AvgIpc) is 3.17. The quantitative estimate of drug-likeness (QED) is 0.379. The van der Waals surface area contributed by atoms with Crippen LogP contribution in [0.1, 0.15) is 11.8 Å². The summed E-state index contributed by atoms with van der Waals surface area (Å²) in [6.07, 6.45) is -4.03. The Morgan fingerprint density at radius 2 is 1.89 bits per heavy atom. The summed E-state index contributed by atoms with van der Waals surface area (Å²) in [4.78, 5) is 12.4. The average molecular weight is 485 g/mol. The van der Waals surface area contributed by atoms with Crippen molar-refractivity contribution in [3.8, 4) is 5.88 Å². The molecule has 3 aromatic rings. The molecule has 142 valence electrons. The SMILES string of the molecule is Nc1nc(OCc2ccc(I)cc2)c2ncn(C3OC(O)C(O)C3O)c2n1. The summed E-state index contributed by atoms with van der Waals surface area (Å²) in [5, 5.41) is 29.4. The molecule has 0 amide bonds. The largest absolute Gasteiger partial charge is 0.471 e. The number of hydrogen-bond acceptors (Lipinski definition) is 9. The maximum atomic E-state index is 10.1. The van der Waals surface area contributed by atoms with E-state index in [2.05, 4.69) is 37.5 Å². The summed E-state index contributed by atoms with van der Waals surface area (Å²) in [6, 6.07) is 7.81. The highest BCUT2D eigenvalue weighted by atomic mass is 127. The summed E-state index contributed by atoms with van der Waals surface area (Å²) in [5.41, 5.74) is 7.30. The molecule has 1 aliphatic rings. The van der Waals surface area contributed by atoms with E-state index in [9.17, 15) is 15.3 Å². The Morgan fingerprint density at radius 1 is 1.15 bits per heavy atom. The molecule has 10 nitrogen and oxygen atoms in total. The van der Waals surface area contributed by atoms with E-state index in [1.165, 1.54) is 10.9 Å². The van der Waals surface area contributed by atoms with Gasteiger partial charge in [-0.25, -0.2) is 4.98 Å². The molecule has 0 bridgehead atoms. The molecule has 11 heteroatoms. The zero-order valence-electron chi connectivity index (χ0n) is 13.8. The Bertz CT molecular complexity index is 966. The monoisotopic (exact) mass is 485 g/mol. The third kappa shape index (κ3) is 3.43. The summed E-state index contributed by atoms with van der Waals surface area (Å²) in [7, 11) is 0. The van der Waals surface area contributed by atoms with Gasteiger partial charge < -0.3 is 30.5 Å². The van der Waals surface area contributed by atoms with Gasteiger partial charge in [0.25, 0.3) is 0 Å². The minimum absolute atomic E-state index is 0.0459. The first kappa shape index (κ1) is 18.3. The van der Waals surface area contributed by atoms with E-state index in [-0.39, 0.29) is 24.1 Å². The van der Waals surface area contributed by atoms with Gasteiger partial charge in [-0.1, -0.05) is 12.1 Å². The molecule has 1 aromatic carbocycles. The number of halogens is 1. The highest BCUT2D eigenvalue weighted by molar-refractivity contribution is 14.1. The van der Waals surface area contributed by atoms with Gasteiger partial charge >= 0.3 is 0 Å². The summed E-state index contributed by atoms with van der Waals surface area (Å²) in [6.45, 7) is 0.259. The van der Waals surface area contributed by atoms with Gasteiger partial charge in [0.1, 0.15) is 18.8 Å². The number of anilines is 1. The zero-order chi connectivity index (χ0) is 19.1. The molecule has 4 unspecified atom stereocenters. The zero-order valence-corrected chi connectivity index (χ0v) is 16.0. The van der Waals surface area contributed by atoms with Crippen molar-refractivity contribution in [2.45, 2.75) is 31.3 Å². The Kier molecular flexibility index (Phi) is 4.86. The number of rotatable bonds is 4. The highest BCUT2D eigenvalue weighted by Crippen LogP contribution is 2.32. The molecule has 4 rings (SSSR count). The number of aliphatic hydroxyl groups is 3. The van der Waals surface area contributed by atoms with E-state index in [1.807, 2.05) is 24.3 Å². The van der Waals surface area contributed by atoms with Gasteiger partial charge in [0, 0.05) is 3.57 Å².